The van der Waals surface area contributed by atoms with Gasteiger partial charge in [-0.1, -0.05) is 41.7 Å². The maximum absolute atomic E-state index is 12.0. The molecule has 0 saturated heterocycles. The van der Waals surface area contributed by atoms with E-state index >= 15 is 0 Å². The Balaban J connectivity index is 1.88. The van der Waals surface area contributed by atoms with Crippen molar-refractivity contribution in [3.8, 4) is 0 Å². The largest absolute Gasteiger partial charge is 0.467 e. The lowest BCUT2D eigenvalue weighted by Crippen LogP contribution is -2.44. The third-order valence-corrected chi connectivity index (χ3v) is 4.61. The first-order valence-corrected chi connectivity index (χ1v) is 9.00. The molecule has 0 spiro atoms. The highest BCUT2D eigenvalue weighted by atomic mass is 32.1. The summed E-state index contributed by atoms with van der Waals surface area (Å²) in [6.07, 6.45) is 0.247. The Morgan fingerprint density at radius 2 is 1.93 bits per heavy atom. The second-order valence-corrected chi connectivity index (χ2v) is 6.54. The van der Waals surface area contributed by atoms with Crippen LogP contribution < -0.4 is 10.2 Å². The van der Waals surface area contributed by atoms with Gasteiger partial charge in [0.25, 0.3) is 5.91 Å². The van der Waals surface area contributed by atoms with Gasteiger partial charge in [0.05, 0.1) is 7.11 Å². The normalized spacial score (nSPS) is 11.5. The Bertz CT molecular complexity index is 858. The van der Waals surface area contributed by atoms with E-state index in [9.17, 15) is 19.2 Å². The summed E-state index contributed by atoms with van der Waals surface area (Å²) in [5.74, 6) is -1.95. The minimum Gasteiger partial charge on any atom is -0.467 e. The van der Waals surface area contributed by atoms with Crippen LogP contribution in [0.2, 0.25) is 0 Å². The van der Waals surface area contributed by atoms with Gasteiger partial charge in [-0.25, -0.2) is 4.79 Å². The molecule has 1 amide bonds. The number of ether oxygens (including phenoxy) is 2. The fourth-order valence-corrected chi connectivity index (χ4v) is 3.07. The zero-order valence-electron chi connectivity index (χ0n) is 15.0. The molecular formula is C18H20N2O6S. The first-order valence-electron chi connectivity index (χ1n) is 8.12. The number of esters is 2. The van der Waals surface area contributed by atoms with Gasteiger partial charge in [-0.05, 0) is 12.5 Å². The van der Waals surface area contributed by atoms with E-state index in [0.29, 0.717) is 5.69 Å². The Labute approximate surface area is 159 Å². The number of rotatable bonds is 8. The summed E-state index contributed by atoms with van der Waals surface area (Å²) in [6.45, 7) is 0.868. The van der Waals surface area contributed by atoms with Gasteiger partial charge in [-0.3, -0.25) is 19.0 Å². The lowest BCUT2D eigenvalue weighted by molar-refractivity contribution is -0.150. The monoisotopic (exact) mass is 392 g/mol. The summed E-state index contributed by atoms with van der Waals surface area (Å²) in [6, 6.07) is 8.23. The average molecular weight is 392 g/mol. The second kappa shape index (κ2) is 9.67. The number of hydrogen-bond donors (Lipinski definition) is 1. The van der Waals surface area contributed by atoms with Crippen molar-refractivity contribution >= 4 is 29.2 Å². The summed E-state index contributed by atoms with van der Waals surface area (Å²) in [7, 11) is 1.23. The van der Waals surface area contributed by atoms with Crippen molar-refractivity contribution in [2.45, 2.75) is 25.9 Å². The topological polar surface area (TPSA) is 104 Å². The molecule has 0 aliphatic heterocycles. The summed E-state index contributed by atoms with van der Waals surface area (Å²) < 4.78 is 10.9. The standard InChI is InChI=1S/C18H20N2O6S/c1-12-11-27-18(24)20(12)9-16(22)26-10-15(21)19-14(17(23)25-2)8-13-6-4-3-5-7-13/h3-7,11,14H,8-10H2,1-2H3,(H,19,21)/t14-/m0/s1. The first kappa shape index (κ1) is 20.4. The molecule has 144 valence electrons. The van der Waals surface area contributed by atoms with Crippen LogP contribution in [0.25, 0.3) is 0 Å². The van der Waals surface area contributed by atoms with E-state index in [0.717, 1.165) is 16.9 Å². The molecule has 0 aliphatic rings. The molecule has 1 heterocycles. The third-order valence-electron chi connectivity index (χ3n) is 3.73. The zero-order chi connectivity index (χ0) is 19.8. The number of aromatic nitrogens is 1. The SMILES string of the molecule is COC(=O)[C@H](Cc1ccccc1)NC(=O)COC(=O)Cn1c(C)csc1=O. The van der Waals surface area contributed by atoms with Crippen molar-refractivity contribution in [3.05, 3.63) is 56.6 Å². The fraction of sp³-hybridized carbons (Fsp3) is 0.333. The summed E-state index contributed by atoms with van der Waals surface area (Å²) in [4.78, 5) is 47.1. The zero-order valence-corrected chi connectivity index (χ0v) is 15.8. The van der Waals surface area contributed by atoms with Gasteiger partial charge >= 0.3 is 16.8 Å². The summed E-state index contributed by atoms with van der Waals surface area (Å²) in [5, 5.41) is 4.13. The number of aryl methyl sites for hydroxylation is 1. The number of thiazole rings is 1. The number of carbonyl (C=O) groups is 3. The number of amides is 1. The Hall–Kier alpha value is -2.94. The highest BCUT2D eigenvalue weighted by Crippen LogP contribution is 2.05. The van der Waals surface area contributed by atoms with Crippen LogP contribution >= 0.6 is 11.3 Å². The predicted molar refractivity (Wildman–Crippen MR) is 98.4 cm³/mol. The van der Waals surface area contributed by atoms with E-state index in [1.54, 1.807) is 12.3 Å². The molecule has 2 rings (SSSR count). The molecule has 8 nitrogen and oxygen atoms in total. The smallest absolute Gasteiger partial charge is 0.328 e. The highest BCUT2D eigenvalue weighted by molar-refractivity contribution is 7.07. The molecule has 9 heteroatoms. The Morgan fingerprint density at radius 1 is 1.22 bits per heavy atom. The number of nitrogens with one attached hydrogen (secondary N) is 1. The highest BCUT2D eigenvalue weighted by Gasteiger charge is 2.22. The van der Waals surface area contributed by atoms with Crippen LogP contribution in [0.1, 0.15) is 11.3 Å². The van der Waals surface area contributed by atoms with Gasteiger partial charge in [-0.15, -0.1) is 0 Å². The second-order valence-electron chi connectivity index (χ2n) is 5.72. The van der Waals surface area contributed by atoms with E-state index in [4.69, 9.17) is 9.47 Å². The molecule has 0 unspecified atom stereocenters. The lowest BCUT2D eigenvalue weighted by Gasteiger charge is -2.16. The van der Waals surface area contributed by atoms with Gasteiger partial charge in [-0.2, -0.15) is 0 Å². The molecule has 2 aromatic rings. The van der Waals surface area contributed by atoms with E-state index in [1.165, 1.54) is 11.7 Å². The van der Waals surface area contributed by atoms with Gasteiger partial charge in [0.2, 0.25) is 0 Å². The number of hydrogen-bond acceptors (Lipinski definition) is 7. The Kier molecular flexibility index (Phi) is 7.30. The van der Waals surface area contributed by atoms with Gasteiger partial charge < -0.3 is 14.8 Å². The van der Waals surface area contributed by atoms with Crippen molar-refractivity contribution in [2.75, 3.05) is 13.7 Å². The van der Waals surface area contributed by atoms with E-state index in [1.807, 2.05) is 30.3 Å². The van der Waals surface area contributed by atoms with Crippen LogP contribution in [-0.2, 0) is 36.8 Å². The van der Waals surface area contributed by atoms with Crippen LogP contribution in [0.5, 0.6) is 0 Å². The quantitative estimate of drug-likeness (QED) is 0.662. The number of methoxy groups -OCH3 is 1. The maximum atomic E-state index is 12.0. The first-order chi connectivity index (χ1) is 12.9. The minimum atomic E-state index is -0.898. The maximum Gasteiger partial charge on any atom is 0.328 e. The van der Waals surface area contributed by atoms with E-state index in [-0.39, 0.29) is 17.8 Å². The van der Waals surface area contributed by atoms with Gasteiger partial charge in [0.1, 0.15) is 12.6 Å². The van der Waals surface area contributed by atoms with Crippen molar-refractivity contribution < 1.29 is 23.9 Å². The molecule has 27 heavy (non-hydrogen) atoms. The number of carbonyl (C=O) groups excluding carboxylic acids is 3. The molecule has 0 bridgehead atoms. The van der Waals surface area contributed by atoms with Crippen LogP contribution in [0.3, 0.4) is 0 Å². The van der Waals surface area contributed by atoms with Crippen molar-refractivity contribution in [1.82, 2.24) is 9.88 Å². The molecule has 1 atom stereocenters. The number of nitrogens with zero attached hydrogens (tertiary/aromatic N) is 1. The third kappa shape index (κ3) is 6.07. The molecule has 1 aromatic heterocycles. The van der Waals surface area contributed by atoms with Crippen molar-refractivity contribution in [3.63, 3.8) is 0 Å². The Morgan fingerprint density at radius 3 is 2.52 bits per heavy atom. The fourth-order valence-electron chi connectivity index (χ4n) is 2.34. The van der Waals surface area contributed by atoms with Gasteiger partial charge in [0.15, 0.2) is 6.61 Å². The predicted octanol–water partition coefficient (Wildman–Crippen LogP) is 0.662. The molecule has 0 aliphatic carbocycles. The van der Waals surface area contributed by atoms with Crippen LogP contribution in [0.15, 0.2) is 40.5 Å². The van der Waals surface area contributed by atoms with E-state index < -0.39 is 30.5 Å². The average Bonchev–Trinajstić information content (AvgIpc) is 2.98. The van der Waals surface area contributed by atoms with Gasteiger partial charge in [0, 0.05) is 17.5 Å². The molecule has 1 N–H and O–H groups in total. The van der Waals surface area contributed by atoms with Crippen molar-refractivity contribution in [1.29, 1.82) is 0 Å². The van der Waals surface area contributed by atoms with Crippen molar-refractivity contribution in [2.24, 2.45) is 0 Å². The molecule has 1 aromatic carbocycles. The minimum absolute atomic E-state index is 0.247. The summed E-state index contributed by atoms with van der Waals surface area (Å²) in [5.41, 5.74) is 1.48. The molecular weight excluding hydrogens is 372 g/mol. The van der Waals surface area contributed by atoms with Crippen LogP contribution in [0.4, 0.5) is 0 Å². The van der Waals surface area contributed by atoms with Crippen LogP contribution in [-0.4, -0.2) is 42.2 Å². The van der Waals surface area contributed by atoms with Crippen LogP contribution in [0, 0.1) is 6.92 Å². The molecule has 0 fully saturated rings. The van der Waals surface area contributed by atoms with E-state index in [2.05, 4.69) is 5.32 Å². The molecule has 0 radical (unpaired) electrons. The number of benzene rings is 1. The lowest BCUT2D eigenvalue weighted by atomic mass is 10.1. The molecule has 0 saturated carbocycles. The summed E-state index contributed by atoms with van der Waals surface area (Å²) >= 11 is 0.981.